The molecule has 0 N–H and O–H groups in total. The molecule has 1 aromatic rings. The second kappa shape index (κ2) is 5.23. The van der Waals surface area contributed by atoms with Crippen molar-refractivity contribution < 1.29 is 22.7 Å². The van der Waals surface area contributed by atoms with Gasteiger partial charge in [0.2, 0.25) is 0 Å². The molecule has 0 aliphatic carbocycles. The molecular weight excluding hydrogens is 287 g/mol. The zero-order valence-electron chi connectivity index (χ0n) is 12.1. The molecule has 8 heteroatoms. The first-order valence-corrected chi connectivity index (χ1v) is 6.60. The number of ether oxygens (including phenoxy) is 1. The number of carbonyl (C=O) groups excluding carboxylic acids is 1. The third-order valence-electron chi connectivity index (χ3n) is 3.05. The van der Waals surface area contributed by atoms with Crippen LogP contribution in [-0.4, -0.2) is 45.4 Å². The van der Waals surface area contributed by atoms with E-state index in [0.717, 1.165) is 4.57 Å². The van der Waals surface area contributed by atoms with Crippen LogP contribution in [0.2, 0.25) is 0 Å². The van der Waals surface area contributed by atoms with E-state index in [0.29, 0.717) is 18.8 Å². The molecule has 2 rings (SSSR count). The Bertz CT molecular complexity index is 513. The summed E-state index contributed by atoms with van der Waals surface area (Å²) in [6.07, 6.45) is -2.15. The zero-order valence-corrected chi connectivity index (χ0v) is 12.1. The summed E-state index contributed by atoms with van der Waals surface area (Å²) >= 11 is 0. The summed E-state index contributed by atoms with van der Waals surface area (Å²) < 4.78 is 43.6. The Hall–Kier alpha value is -1.73. The first kappa shape index (κ1) is 15.7. The molecule has 1 saturated heterocycles. The number of carbonyl (C=O) groups is 1. The van der Waals surface area contributed by atoms with E-state index in [-0.39, 0.29) is 5.92 Å². The van der Waals surface area contributed by atoms with Crippen LogP contribution in [-0.2, 0) is 11.3 Å². The van der Waals surface area contributed by atoms with Gasteiger partial charge in [0.15, 0.2) is 0 Å². The largest absolute Gasteiger partial charge is 0.444 e. The van der Waals surface area contributed by atoms with Crippen LogP contribution in [0.25, 0.3) is 0 Å². The van der Waals surface area contributed by atoms with Gasteiger partial charge in [0.1, 0.15) is 12.1 Å². The molecule has 0 saturated carbocycles. The second-order valence-corrected chi connectivity index (χ2v) is 6.14. The number of hydrogen-bond donors (Lipinski definition) is 0. The molecule has 21 heavy (non-hydrogen) atoms. The summed E-state index contributed by atoms with van der Waals surface area (Å²) in [6.45, 7) is 4.92. The summed E-state index contributed by atoms with van der Waals surface area (Å²) in [5.41, 5.74) is -0.0904. The van der Waals surface area contributed by atoms with Crippen molar-refractivity contribution in [1.29, 1.82) is 0 Å². The lowest BCUT2D eigenvalue weighted by Gasteiger charge is -2.40. The van der Waals surface area contributed by atoms with Crippen molar-refractivity contribution in [2.75, 3.05) is 13.1 Å². The van der Waals surface area contributed by atoms with Crippen molar-refractivity contribution in [3.05, 3.63) is 18.2 Å². The van der Waals surface area contributed by atoms with Gasteiger partial charge in [-0.05, 0) is 20.8 Å². The highest BCUT2D eigenvalue weighted by atomic mass is 19.4. The fourth-order valence-electron chi connectivity index (χ4n) is 2.14. The molecule has 0 aromatic carbocycles. The second-order valence-electron chi connectivity index (χ2n) is 6.14. The molecule has 2 heterocycles. The number of amides is 1. The topological polar surface area (TPSA) is 47.4 Å². The molecule has 0 radical (unpaired) electrons. The number of aromatic nitrogens is 2. The molecule has 0 spiro atoms. The van der Waals surface area contributed by atoms with Crippen molar-refractivity contribution in [2.45, 2.75) is 45.0 Å². The Morgan fingerprint density at radius 1 is 1.38 bits per heavy atom. The standard InChI is InChI=1S/C13H18F3N3O2/c1-12(2,3)21-11(20)18-5-9(6-18)10-4-17-8-19(10)7-13(14,15)16/h4,8-9H,5-7H2,1-3H3. The summed E-state index contributed by atoms with van der Waals surface area (Å²) in [4.78, 5) is 17.0. The number of likely N-dealkylation sites (tertiary alicyclic amines) is 1. The van der Waals surface area contributed by atoms with E-state index >= 15 is 0 Å². The molecule has 5 nitrogen and oxygen atoms in total. The van der Waals surface area contributed by atoms with Crippen molar-refractivity contribution >= 4 is 6.09 Å². The Morgan fingerprint density at radius 3 is 2.52 bits per heavy atom. The lowest BCUT2D eigenvalue weighted by atomic mass is 9.97. The van der Waals surface area contributed by atoms with Crippen LogP contribution < -0.4 is 0 Å². The minimum absolute atomic E-state index is 0.137. The number of hydrogen-bond acceptors (Lipinski definition) is 3. The predicted molar refractivity (Wildman–Crippen MR) is 68.8 cm³/mol. The first-order chi connectivity index (χ1) is 9.55. The normalized spacial score (nSPS) is 16.8. The van der Waals surface area contributed by atoms with E-state index in [2.05, 4.69) is 4.98 Å². The molecule has 1 amide bonds. The van der Waals surface area contributed by atoms with Crippen LogP contribution in [0.3, 0.4) is 0 Å². The van der Waals surface area contributed by atoms with Crippen LogP contribution in [0, 0.1) is 0 Å². The third-order valence-corrected chi connectivity index (χ3v) is 3.05. The van der Waals surface area contributed by atoms with Gasteiger partial charge in [0.05, 0.1) is 6.33 Å². The monoisotopic (exact) mass is 305 g/mol. The Labute approximate surface area is 120 Å². The highest BCUT2D eigenvalue weighted by molar-refractivity contribution is 5.69. The van der Waals surface area contributed by atoms with E-state index in [4.69, 9.17) is 4.74 Å². The number of imidazole rings is 1. The van der Waals surface area contributed by atoms with Crippen molar-refractivity contribution in [1.82, 2.24) is 14.5 Å². The van der Waals surface area contributed by atoms with Gasteiger partial charge in [0, 0.05) is 30.9 Å². The molecule has 1 aromatic heterocycles. The fraction of sp³-hybridized carbons (Fsp3) is 0.692. The van der Waals surface area contributed by atoms with Gasteiger partial charge < -0.3 is 14.2 Å². The molecule has 0 atom stereocenters. The number of rotatable bonds is 2. The summed E-state index contributed by atoms with van der Waals surface area (Å²) in [5, 5.41) is 0. The first-order valence-electron chi connectivity index (χ1n) is 6.60. The highest BCUT2D eigenvalue weighted by Gasteiger charge is 2.37. The third kappa shape index (κ3) is 4.12. The van der Waals surface area contributed by atoms with Gasteiger partial charge in [-0.3, -0.25) is 0 Å². The summed E-state index contributed by atoms with van der Waals surface area (Å²) in [5.74, 6) is -0.137. The summed E-state index contributed by atoms with van der Waals surface area (Å²) in [7, 11) is 0. The van der Waals surface area contributed by atoms with E-state index < -0.39 is 24.4 Å². The molecule has 0 bridgehead atoms. The van der Waals surface area contributed by atoms with Gasteiger partial charge in [-0.1, -0.05) is 0 Å². The van der Waals surface area contributed by atoms with Crippen LogP contribution in [0.4, 0.5) is 18.0 Å². The molecule has 0 unspecified atom stereocenters. The maximum atomic E-state index is 12.4. The van der Waals surface area contributed by atoms with Crippen LogP contribution in [0.1, 0.15) is 32.4 Å². The zero-order chi connectivity index (χ0) is 15.8. The van der Waals surface area contributed by atoms with E-state index in [1.165, 1.54) is 17.4 Å². The van der Waals surface area contributed by atoms with Gasteiger partial charge in [0.25, 0.3) is 0 Å². The average molecular weight is 305 g/mol. The number of nitrogens with zero attached hydrogens (tertiary/aromatic N) is 3. The maximum absolute atomic E-state index is 12.4. The van der Waals surface area contributed by atoms with Crippen molar-refractivity contribution in [3.8, 4) is 0 Å². The predicted octanol–water partition coefficient (Wildman–Crippen LogP) is 2.78. The SMILES string of the molecule is CC(C)(C)OC(=O)N1CC(c2cncn2CC(F)(F)F)C1. The Morgan fingerprint density at radius 2 is 2.00 bits per heavy atom. The fourth-order valence-corrected chi connectivity index (χ4v) is 2.14. The maximum Gasteiger partial charge on any atom is 0.410 e. The van der Waals surface area contributed by atoms with Crippen molar-refractivity contribution in [3.63, 3.8) is 0 Å². The van der Waals surface area contributed by atoms with Crippen LogP contribution >= 0.6 is 0 Å². The molecule has 1 fully saturated rings. The van der Waals surface area contributed by atoms with E-state index in [1.54, 1.807) is 20.8 Å². The molecule has 1 aliphatic heterocycles. The van der Waals surface area contributed by atoms with Gasteiger partial charge >= 0.3 is 12.3 Å². The number of alkyl halides is 3. The van der Waals surface area contributed by atoms with Crippen LogP contribution in [0.5, 0.6) is 0 Å². The van der Waals surface area contributed by atoms with Crippen molar-refractivity contribution in [2.24, 2.45) is 0 Å². The van der Waals surface area contributed by atoms with E-state index in [1.807, 2.05) is 0 Å². The quantitative estimate of drug-likeness (QED) is 0.844. The van der Waals surface area contributed by atoms with Crippen LogP contribution in [0.15, 0.2) is 12.5 Å². The van der Waals surface area contributed by atoms with Gasteiger partial charge in [-0.25, -0.2) is 9.78 Å². The lowest BCUT2D eigenvalue weighted by molar-refractivity contribution is -0.141. The summed E-state index contributed by atoms with van der Waals surface area (Å²) in [6, 6.07) is 0. The van der Waals surface area contributed by atoms with Gasteiger partial charge in [-0.2, -0.15) is 13.2 Å². The minimum atomic E-state index is -4.29. The molecule has 118 valence electrons. The van der Waals surface area contributed by atoms with Gasteiger partial charge in [-0.15, -0.1) is 0 Å². The Balaban J connectivity index is 1.93. The minimum Gasteiger partial charge on any atom is -0.444 e. The molecule has 1 aliphatic rings. The highest BCUT2D eigenvalue weighted by Crippen LogP contribution is 2.29. The smallest absolute Gasteiger partial charge is 0.410 e. The number of halogens is 3. The Kier molecular flexibility index (Phi) is 3.90. The molecular formula is C13H18F3N3O2. The van der Waals surface area contributed by atoms with E-state index in [9.17, 15) is 18.0 Å². The lowest BCUT2D eigenvalue weighted by Crippen LogP contribution is -2.50. The average Bonchev–Trinajstić information content (AvgIpc) is 2.58.